The van der Waals surface area contributed by atoms with E-state index in [-0.39, 0.29) is 35.6 Å². The number of carbonyl (C=O) groups excluding carboxylic acids is 3. The number of carbonyl (C=O) groups is 3. The van der Waals surface area contributed by atoms with E-state index in [9.17, 15) is 34.8 Å². The molecule has 4 N–H and O–H groups in total. The van der Waals surface area contributed by atoms with Crippen LogP contribution in [0.4, 0.5) is 0 Å². The Balaban J connectivity index is 1.77. The molecule has 1 unspecified atom stereocenters. The van der Waals surface area contributed by atoms with Gasteiger partial charge >= 0.3 is 0 Å². The fourth-order valence-corrected chi connectivity index (χ4v) is 8.13. The van der Waals surface area contributed by atoms with Crippen LogP contribution in [-0.4, -0.2) is 43.4 Å². The van der Waals surface area contributed by atoms with Gasteiger partial charge in [0.05, 0.1) is 5.56 Å². The van der Waals surface area contributed by atoms with Crippen LogP contribution in [0, 0.1) is 22.7 Å². The summed E-state index contributed by atoms with van der Waals surface area (Å²) in [5.41, 5.74) is -2.15. The largest absolute Gasteiger partial charge is 0.511 e. The van der Waals surface area contributed by atoms with E-state index in [1.54, 1.807) is 19.9 Å². The second kappa shape index (κ2) is 8.64. The number of fused-ring (bicyclic) bond motifs is 3. The van der Waals surface area contributed by atoms with Gasteiger partial charge in [0, 0.05) is 27.9 Å². The van der Waals surface area contributed by atoms with Crippen molar-refractivity contribution in [1.29, 1.82) is 0 Å². The zero-order chi connectivity index (χ0) is 29.7. The first kappa shape index (κ1) is 27.8. The Morgan fingerprint density at radius 2 is 1.75 bits per heavy atom. The quantitative estimate of drug-likeness (QED) is 0.361. The van der Waals surface area contributed by atoms with Crippen LogP contribution in [0.5, 0.6) is 5.75 Å². The number of aliphatic hydroxyl groups excluding tert-OH is 2. The predicted octanol–water partition coefficient (Wildman–Crippen LogP) is 5.64. The lowest BCUT2D eigenvalue weighted by molar-refractivity contribution is -0.171. The SMILES string of the molecule is C=C(C)C1=C(c2ccc3c(c2O)C(=O)C2=C(O)[C@@]4(O)C(=O)C(C(C)=O)=C(O)C(C(C)C)[C@@]4(C)C[C@@]2(C)C3)CC=C1. The lowest BCUT2D eigenvalue weighted by atomic mass is 9.44. The summed E-state index contributed by atoms with van der Waals surface area (Å²) in [6, 6.07) is 3.60. The first-order chi connectivity index (χ1) is 18.5. The van der Waals surface area contributed by atoms with Gasteiger partial charge in [-0.2, -0.15) is 0 Å². The van der Waals surface area contributed by atoms with Crippen molar-refractivity contribution in [3.05, 3.63) is 81.4 Å². The van der Waals surface area contributed by atoms with Crippen LogP contribution in [0.3, 0.4) is 0 Å². The van der Waals surface area contributed by atoms with Crippen molar-refractivity contribution in [2.24, 2.45) is 22.7 Å². The highest BCUT2D eigenvalue weighted by atomic mass is 16.3. The maximum atomic E-state index is 14.2. The summed E-state index contributed by atoms with van der Waals surface area (Å²) < 4.78 is 0. The Hall–Kier alpha value is -3.71. The van der Waals surface area contributed by atoms with Crippen molar-refractivity contribution in [3.63, 3.8) is 0 Å². The summed E-state index contributed by atoms with van der Waals surface area (Å²) in [6.07, 6.45) is 4.76. The summed E-state index contributed by atoms with van der Waals surface area (Å²) >= 11 is 0. The molecule has 1 aromatic carbocycles. The summed E-state index contributed by atoms with van der Waals surface area (Å²) in [4.78, 5) is 40.5. The number of allylic oxidation sites excluding steroid dienone is 7. The summed E-state index contributed by atoms with van der Waals surface area (Å²) in [6.45, 7) is 14.0. The van der Waals surface area contributed by atoms with Gasteiger partial charge in [-0.1, -0.05) is 64.1 Å². The van der Waals surface area contributed by atoms with Crippen LogP contribution in [0.1, 0.15) is 75.9 Å². The van der Waals surface area contributed by atoms with Crippen LogP contribution in [0.25, 0.3) is 5.57 Å². The lowest BCUT2D eigenvalue weighted by Crippen LogP contribution is -2.67. The number of benzene rings is 1. The molecule has 4 atom stereocenters. The van der Waals surface area contributed by atoms with Crippen molar-refractivity contribution in [1.82, 2.24) is 0 Å². The Morgan fingerprint density at radius 1 is 1.10 bits per heavy atom. The van der Waals surface area contributed by atoms with Crippen LogP contribution < -0.4 is 0 Å². The third-order valence-corrected chi connectivity index (χ3v) is 9.59. The van der Waals surface area contributed by atoms with Gasteiger partial charge in [0.25, 0.3) is 0 Å². The number of phenols is 1. The van der Waals surface area contributed by atoms with E-state index in [4.69, 9.17) is 0 Å². The molecule has 0 heterocycles. The highest BCUT2D eigenvalue weighted by molar-refractivity contribution is 6.25. The molecule has 4 aliphatic carbocycles. The van der Waals surface area contributed by atoms with Crippen LogP contribution in [0.2, 0.25) is 0 Å². The molecule has 0 amide bonds. The highest BCUT2D eigenvalue weighted by Gasteiger charge is 2.71. The topological polar surface area (TPSA) is 132 Å². The molecular weight excluding hydrogens is 508 g/mol. The van der Waals surface area contributed by atoms with Gasteiger partial charge in [0.1, 0.15) is 22.8 Å². The molecule has 4 aliphatic rings. The van der Waals surface area contributed by atoms with Crippen molar-refractivity contribution in [2.75, 3.05) is 0 Å². The van der Waals surface area contributed by atoms with Crippen molar-refractivity contribution in [2.45, 2.75) is 66.4 Å². The predicted molar refractivity (Wildman–Crippen MR) is 151 cm³/mol. The lowest BCUT2D eigenvalue weighted by Gasteiger charge is -2.59. The second-order valence-electron chi connectivity index (χ2n) is 12.7. The van der Waals surface area contributed by atoms with E-state index in [2.05, 4.69) is 6.58 Å². The zero-order valence-corrected chi connectivity index (χ0v) is 23.8. The molecule has 0 radical (unpaired) electrons. The molecule has 40 heavy (non-hydrogen) atoms. The van der Waals surface area contributed by atoms with E-state index in [0.717, 1.165) is 23.6 Å². The van der Waals surface area contributed by atoms with Gasteiger partial charge in [-0.3, -0.25) is 14.4 Å². The normalized spacial score (nSPS) is 31.6. The smallest absolute Gasteiger partial charge is 0.209 e. The molecule has 210 valence electrons. The van der Waals surface area contributed by atoms with Gasteiger partial charge in [0.15, 0.2) is 17.2 Å². The molecule has 0 aromatic heterocycles. The number of hydrogen-bond donors (Lipinski definition) is 4. The van der Waals surface area contributed by atoms with Gasteiger partial charge in [-0.15, -0.1) is 0 Å². The Labute approximate surface area is 233 Å². The van der Waals surface area contributed by atoms with E-state index >= 15 is 0 Å². The number of ketones is 3. The number of Topliss-reactive ketones (excluding diaryl/α,β-unsaturated/α-hetero) is 3. The fraction of sp³-hybridized carbons (Fsp3) is 0.424. The average molecular weight is 545 g/mol. The molecule has 0 bridgehead atoms. The van der Waals surface area contributed by atoms with E-state index in [0.29, 0.717) is 17.5 Å². The maximum Gasteiger partial charge on any atom is 0.209 e. The minimum Gasteiger partial charge on any atom is -0.511 e. The van der Waals surface area contributed by atoms with Gasteiger partial charge < -0.3 is 20.4 Å². The molecular formula is C33H36O7. The van der Waals surface area contributed by atoms with Crippen LogP contribution >= 0.6 is 0 Å². The molecule has 0 saturated heterocycles. The average Bonchev–Trinajstić information content (AvgIpc) is 3.31. The Kier molecular flexibility index (Phi) is 6.02. The van der Waals surface area contributed by atoms with Gasteiger partial charge in [-0.25, -0.2) is 0 Å². The fourth-order valence-electron chi connectivity index (χ4n) is 8.13. The van der Waals surface area contributed by atoms with E-state index < -0.39 is 56.8 Å². The first-order valence-corrected chi connectivity index (χ1v) is 13.6. The molecule has 0 saturated carbocycles. The van der Waals surface area contributed by atoms with Crippen LogP contribution in [0.15, 0.2) is 64.7 Å². The highest BCUT2D eigenvalue weighted by Crippen LogP contribution is 2.65. The maximum absolute atomic E-state index is 14.2. The minimum absolute atomic E-state index is 0.0260. The molecule has 0 spiro atoms. The van der Waals surface area contributed by atoms with Gasteiger partial charge in [0.2, 0.25) is 5.78 Å². The summed E-state index contributed by atoms with van der Waals surface area (Å²) in [5.74, 6) is -5.10. The number of aromatic hydroxyl groups is 1. The molecule has 7 heteroatoms. The minimum atomic E-state index is -2.62. The summed E-state index contributed by atoms with van der Waals surface area (Å²) in [5, 5.41) is 46.6. The molecule has 1 aromatic rings. The van der Waals surface area contributed by atoms with Gasteiger partial charge in [-0.05, 0) is 55.7 Å². The van der Waals surface area contributed by atoms with Crippen molar-refractivity contribution in [3.8, 4) is 5.75 Å². The van der Waals surface area contributed by atoms with Crippen LogP contribution in [-0.2, 0) is 16.0 Å². The standard InChI is InChI=1S/C33H36O7/c1-15(2)19-9-8-10-20(19)21-12-11-18-13-31(6)14-32(7)24(16(3)4)27(36)22(17(5)34)29(38)33(32,40)30(39)25(31)28(37)23(18)26(21)35/h8-9,11-12,16,24,35-36,39-40H,1,10,13-14H2,2-7H3/t24?,31-,32-,33+/m1/s1. The zero-order valence-electron chi connectivity index (χ0n) is 23.8. The van der Waals surface area contributed by atoms with Crippen molar-refractivity contribution < 1.29 is 34.8 Å². The molecule has 5 rings (SSSR count). The third-order valence-electron chi connectivity index (χ3n) is 9.59. The van der Waals surface area contributed by atoms with E-state index in [1.165, 1.54) is 0 Å². The number of phenolic OH excluding ortho intramolecular Hbond substituents is 1. The van der Waals surface area contributed by atoms with Crippen molar-refractivity contribution >= 4 is 22.9 Å². The number of aliphatic hydroxyl groups is 3. The second-order valence-corrected chi connectivity index (χ2v) is 12.7. The number of rotatable bonds is 4. The molecule has 0 fully saturated rings. The Bertz CT molecular complexity index is 1560. The monoisotopic (exact) mass is 544 g/mol. The first-order valence-electron chi connectivity index (χ1n) is 13.6. The Morgan fingerprint density at radius 3 is 2.33 bits per heavy atom. The number of hydrogen-bond acceptors (Lipinski definition) is 7. The molecule has 0 aliphatic heterocycles. The van der Waals surface area contributed by atoms with E-state index in [1.807, 2.05) is 39.0 Å². The molecule has 7 nitrogen and oxygen atoms in total. The summed E-state index contributed by atoms with van der Waals surface area (Å²) in [7, 11) is 0. The third kappa shape index (κ3) is 3.30.